The number of rotatable bonds is 0. The van der Waals surface area contributed by atoms with Crippen LogP contribution in [0.2, 0.25) is 0 Å². The van der Waals surface area contributed by atoms with Crippen LogP contribution in [0.15, 0.2) is 0 Å². The van der Waals surface area contributed by atoms with Crippen LogP contribution >= 0.6 is 11.8 Å². The average Bonchev–Trinajstić information content (AvgIpc) is 1.77. The van der Waals surface area contributed by atoms with Crippen molar-refractivity contribution in [2.75, 3.05) is 5.75 Å². The Bertz CT molecular complexity index is 66.8. The predicted molar refractivity (Wildman–Crippen MR) is 31.5 cm³/mol. The average molecular weight is 138 g/mol. The molecule has 48 valence electrons. The highest BCUT2D eigenvalue weighted by Gasteiger charge is 2.23. The van der Waals surface area contributed by atoms with Crippen molar-refractivity contribution in [1.29, 1.82) is 0 Å². The van der Waals surface area contributed by atoms with Gasteiger partial charge in [-0.2, -0.15) is 0 Å². The Balaban J connectivity index is 2.28. The Hall–Kier alpha value is 0.210. The molecule has 0 aliphatic carbocycles. The summed E-state index contributed by atoms with van der Waals surface area (Å²) in [5, 5.41) is 0. The van der Waals surface area contributed by atoms with Gasteiger partial charge in [-0.15, -0.1) is 11.8 Å². The number of alkyl halides is 2. The van der Waals surface area contributed by atoms with Gasteiger partial charge in [0.05, 0.1) is 0 Å². The van der Waals surface area contributed by atoms with Crippen molar-refractivity contribution in [2.24, 2.45) is 0 Å². The van der Waals surface area contributed by atoms with Gasteiger partial charge in [0.1, 0.15) is 6.17 Å². The minimum Gasteiger partial charge on any atom is -0.243 e. The molecule has 8 heavy (non-hydrogen) atoms. The minimum absolute atomic E-state index is 0.411. The maximum absolute atomic E-state index is 12.2. The van der Waals surface area contributed by atoms with E-state index in [9.17, 15) is 8.78 Å². The smallest absolute Gasteiger partial charge is 0.177 e. The third-order valence-corrected chi connectivity index (χ3v) is 2.32. The van der Waals surface area contributed by atoms with Crippen LogP contribution in [0.5, 0.6) is 0 Å². The first kappa shape index (κ1) is 6.33. The molecule has 1 heterocycles. The first-order chi connectivity index (χ1) is 3.80. The summed E-state index contributed by atoms with van der Waals surface area (Å²) in [5.74, 6) is 0.779. The molecule has 0 saturated carbocycles. The highest BCUT2D eigenvalue weighted by atomic mass is 32.2. The lowest BCUT2D eigenvalue weighted by Gasteiger charge is -2.17. The fourth-order valence-electron chi connectivity index (χ4n) is 0.710. The highest BCUT2D eigenvalue weighted by molar-refractivity contribution is 7.99. The van der Waals surface area contributed by atoms with Crippen LogP contribution in [0, 0.1) is 0 Å². The van der Waals surface area contributed by atoms with Crippen LogP contribution in [0.1, 0.15) is 12.8 Å². The molecule has 0 aromatic heterocycles. The molecule has 1 saturated heterocycles. The lowest BCUT2D eigenvalue weighted by molar-refractivity contribution is 0.215. The van der Waals surface area contributed by atoms with Gasteiger partial charge in [0.25, 0.3) is 0 Å². The molecule has 0 nitrogen and oxygen atoms in total. The molecule has 0 aromatic carbocycles. The second-order valence-electron chi connectivity index (χ2n) is 1.88. The van der Waals surface area contributed by atoms with Crippen molar-refractivity contribution in [3.05, 3.63) is 0 Å². The molecule has 1 rings (SSSR count). The topological polar surface area (TPSA) is 0 Å². The fraction of sp³-hybridized carbons (Fsp3) is 1.00. The molecule has 3 heteroatoms. The fourth-order valence-corrected chi connectivity index (χ4v) is 1.61. The summed E-state index contributed by atoms with van der Waals surface area (Å²) < 4.78 is 24.3. The third kappa shape index (κ3) is 1.34. The summed E-state index contributed by atoms with van der Waals surface area (Å²) in [7, 11) is 0. The maximum atomic E-state index is 12.2. The second kappa shape index (κ2) is 2.67. The highest BCUT2D eigenvalue weighted by Crippen LogP contribution is 2.28. The zero-order chi connectivity index (χ0) is 5.98. The standard InChI is InChI=1S/C5H8F2S/c6-4-2-1-3-8-5(4)7/h4-5H,1-3H2. The van der Waals surface area contributed by atoms with Crippen LogP contribution in [-0.4, -0.2) is 17.4 Å². The molecule has 2 unspecified atom stereocenters. The van der Waals surface area contributed by atoms with Crippen LogP contribution in [0.4, 0.5) is 8.78 Å². The molecule has 0 N–H and O–H groups in total. The van der Waals surface area contributed by atoms with Gasteiger partial charge in [-0.25, -0.2) is 8.78 Å². The van der Waals surface area contributed by atoms with Gasteiger partial charge in [0.2, 0.25) is 0 Å². The van der Waals surface area contributed by atoms with Crippen molar-refractivity contribution in [3.63, 3.8) is 0 Å². The van der Waals surface area contributed by atoms with E-state index in [1.807, 2.05) is 0 Å². The molecular weight excluding hydrogens is 130 g/mol. The van der Waals surface area contributed by atoms with Gasteiger partial charge in [-0.3, -0.25) is 0 Å². The third-order valence-electron chi connectivity index (χ3n) is 1.19. The number of halogens is 2. The first-order valence-electron chi connectivity index (χ1n) is 2.70. The Kier molecular flexibility index (Phi) is 2.11. The van der Waals surface area contributed by atoms with Crippen molar-refractivity contribution < 1.29 is 8.78 Å². The van der Waals surface area contributed by atoms with Crippen molar-refractivity contribution in [1.82, 2.24) is 0 Å². The van der Waals surface area contributed by atoms with Crippen LogP contribution < -0.4 is 0 Å². The van der Waals surface area contributed by atoms with E-state index in [0.717, 1.165) is 23.9 Å². The van der Waals surface area contributed by atoms with Crippen molar-refractivity contribution in [2.45, 2.75) is 24.5 Å². The molecule has 0 amide bonds. The number of hydrogen-bond acceptors (Lipinski definition) is 1. The lowest BCUT2D eigenvalue weighted by atomic mass is 10.2. The molecule has 1 aliphatic heterocycles. The van der Waals surface area contributed by atoms with Gasteiger partial charge in [-0.05, 0) is 18.6 Å². The summed E-state index contributed by atoms with van der Waals surface area (Å²) in [6.45, 7) is 0. The predicted octanol–water partition coefficient (Wildman–Crippen LogP) is 2.15. The molecular formula is C5H8F2S. The van der Waals surface area contributed by atoms with Crippen molar-refractivity contribution in [3.8, 4) is 0 Å². The maximum Gasteiger partial charge on any atom is 0.177 e. The van der Waals surface area contributed by atoms with Gasteiger partial charge in [0.15, 0.2) is 5.50 Å². The van der Waals surface area contributed by atoms with Gasteiger partial charge in [-0.1, -0.05) is 0 Å². The largest absolute Gasteiger partial charge is 0.243 e. The molecule has 2 atom stereocenters. The zero-order valence-electron chi connectivity index (χ0n) is 4.44. The SMILES string of the molecule is FC1CCCSC1F. The quantitative estimate of drug-likeness (QED) is 0.494. The van der Waals surface area contributed by atoms with E-state index in [1.54, 1.807) is 0 Å². The second-order valence-corrected chi connectivity index (χ2v) is 3.07. The molecule has 0 radical (unpaired) electrons. The Morgan fingerprint density at radius 3 is 2.50 bits per heavy atom. The number of thioether (sulfide) groups is 1. The summed E-state index contributed by atoms with van der Waals surface area (Å²) in [6, 6.07) is 0. The Morgan fingerprint density at radius 2 is 2.12 bits per heavy atom. The summed E-state index contributed by atoms with van der Waals surface area (Å²) in [5.41, 5.74) is -1.25. The summed E-state index contributed by atoms with van der Waals surface area (Å²) in [4.78, 5) is 0. The summed E-state index contributed by atoms with van der Waals surface area (Å²) >= 11 is 1.08. The van der Waals surface area contributed by atoms with Gasteiger partial charge >= 0.3 is 0 Å². The van der Waals surface area contributed by atoms with E-state index < -0.39 is 11.7 Å². The lowest BCUT2D eigenvalue weighted by Crippen LogP contribution is -2.18. The Morgan fingerprint density at radius 1 is 1.38 bits per heavy atom. The number of hydrogen-bond donors (Lipinski definition) is 0. The van der Waals surface area contributed by atoms with Crippen LogP contribution in [0.25, 0.3) is 0 Å². The van der Waals surface area contributed by atoms with E-state index in [4.69, 9.17) is 0 Å². The normalized spacial score (nSPS) is 39.8. The summed E-state index contributed by atoms with van der Waals surface area (Å²) in [6.07, 6.45) is 0.0363. The van der Waals surface area contributed by atoms with Gasteiger partial charge in [0, 0.05) is 0 Å². The van der Waals surface area contributed by atoms with Gasteiger partial charge < -0.3 is 0 Å². The molecule has 0 spiro atoms. The molecule has 0 aromatic rings. The Labute approximate surface area is 51.6 Å². The van der Waals surface area contributed by atoms with Crippen molar-refractivity contribution >= 4 is 11.8 Å². The van der Waals surface area contributed by atoms with E-state index >= 15 is 0 Å². The van der Waals surface area contributed by atoms with E-state index in [2.05, 4.69) is 0 Å². The zero-order valence-corrected chi connectivity index (χ0v) is 5.26. The van der Waals surface area contributed by atoms with E-state index in [-0.39, 0.29) is 0 Å². The minimum atomic E-state index is -1.25. The molecule has 1 aliphatic rings. The van der Waals surface area contributed by atoms with E-state index in [0.29, 0.717) is 6.42 Å². The van der Waals surface area contributed by atoms with Crippen LogP contribution in [0.3, 0.4) is 0 Å². The monoisotopic (exact) mass is 138 g/mol. The van der Waals surface area contributed by atoms with Crippen LogP contribution in [-0.2, 0) is 0 Å². The molecule has 0 bridgehead atoms. The molecule has 1 fully saturated rings. The first-order valence-corrected chi connectivity index (χ1v) is 3.75. The van der Waals surface area contributed by atoms with E-state index in [1.165, 1.54) is 0 Å².